The number of hydrogen-bond acceptors (Lipinski definition) is 4. The Hall–Kier alpha value is -3.25. The maximum atomic E-state index is 12.9. The van der Waals surface area contributed by atoms with Crippen LogP contribution in [0.4, 0.5) is 0 Å². The lowest BCUT2D eigenvalue weighted by Crippen LogP contribution is -2.53. The summed E-state index contributed by atoms with van der Waals surface area (Å²) in [7, 11) is 0. The first kappa shape index (κ1) is 20.6. The molecule has 0 unspecified atom stereocenters. The Bertz CT molecular complexity index is 1210. The van der Waals surface area contributed by atoms with Gasteiger partial charge in [0.2, 0.25) is 0 Å². The van der Waals surface area contributed by atoms with Crippen LogP contribution in [-0.2, 0) is 4.79 Å². The minimum atomic E-state index is -1.14. The molecule has 1 saturated carbocycles. The van der Waals surface area contributed by atoms with Gasteiger partial charge in [0, 0.05) is 48.5 Å². The smallest absolute Gasteiger partial charge is 0.254 e. The zero-order valence-electron chi connectivity index (χ0n) is 18.5. The van der Waals surface area contributed by atoms with Crippen molar-refractivity contribution in [3.05, 3.63) is 65.5 Å². The number of nitrogens with zero attached hydrogens (tertiary/aromatic N) is 3. The molecule has 2 fully saturated rings. The van der Waals surface area contributed by atoms with Gasteiger partial charge in [-0.2, -0.15) is 0 Å². The van der Waals surface area contributed by atoms with Crippen molar-refractivity contribution in [2.45, 2.75) is 32.3 Å². The molecule has 2 aliphatic rings. The maximum Gasteiger partial charge on any atom is 0.254 e. The van der Waals surface area contributed by atoms with Crippen molar-refractivity contribution >= 4 is 22.6 Å². The number of aliphatic hydroxyl groups is 1. The summed E-state index contributed by atoms with van der Waals surface area (Å²) in [6.07, 6.45) is 1.09. The fourth-order valence-corrected chi connectivity index (χ4v) is 4.50. The largest absolute Gasteiger partial charge is 0.380 e. The molecule has 6 heteroatoms. The fourth-order valence-electron chi connectivity index (χ4n) is 4.50. The van der Waals surface area contributed by atoms with Crippen molar-refractivity contribution < 1.29 is 14.7 Å². The summed E-state index contributed by atoms with van der Waals surface area (Å²) in [5.74, 6) is -0.213. The molecule has 0 radical (unpaired) electrons. The predicted octanol–water partition coefficient (Wildman–Crippen LogP) is 3.33. The molecule has 164 valence electrons. The minimum Gasteiger partial charge on any atom is -0.380 e. The van der Waals surface area contributed by atoms with Crippen molar-refractivity contribution in [2.24, 2.45) is 0 Å². The molecular weight excluding hydrogens is 402 g/mol. The third kappa shape index (κ3) is 3.75. The lowest BCUT2D eigenvalue weighted by Gasteiger charge is -2.35. The van der Waals surface area contributed by atoms with Crippen LogP contribution in [0.1, 0.15) is 34.6 Å². The highest BCUT2D eigenvalue weighted by atomic mass is 16.3. The number of carbonyl (C=O) groups is 2. The van der Waals surface area contributed by atoms with Crippen molar-refractivity contribution in [1.29, 1.82) is 0 Å². The average molecular weight is 430 g/mol. The normalized spacial score (nSPS) is 17.5. The number of fused-ring (bicyclic) bond motifs is 1. The average Bonchev–Trinajstić information content (AvgIpc) is 3.56. The van der Waals surface area contributed by atoms with E-state index in [1.165, 1.54) is 0 Å². The van der Waals surface area contributed by atoms with Gasteiger partial charge >= 0.3 is 0 Å². The number of carbonyl (C=O) groups excluding carboxylic acids is 2. The molecule has 1 N–H and O–H groups in total. The first-order valence-corrected chi connectivity index (χ1v) is 11.1. The quantitative estimate of drug-likeness (QED) is 0.693. The van der Waals surface area contributed by atoms with Crippen LogP contribution in [0, 0.1) is 13.8 Å². The molecule has 5 rings (SSSR count). The Morgan fingerprint density at radius 1 is 0.875 bits per heavy atom. The number of hydrogen-bond donors (Lipinski definition) is 1. The topological polar surface area (TPSA) is 73.7 Å². The Labute approximate surface area is 187 Å². The van der Waals surface area contributed by atoms with Crippen molar-refractivity contribution in [3.8, 4) is 11.1 Å². The third-order valence-corrected chi connectivity index (χ3v) is 6.59. The van der Waals surface area contributed by atoms with E-state index in [2.05, 4.69) is 29.2 Å². The standard InChI is InChI=1S/C26H27N3O3/c1-17-15-22-16-21(7-8-23(22)18(2)27-17)19-3-5-20(6-4-19)24(30)28-11-13-29(14-12-28)25(31)26(32)9-10-26/h3-8,15-16,32H,9-14H2,1-2H3. The Kier molecular flexibility index (Phi) is 4.97. The molecule has 1 aliphatic carbocycles. The van der Waals surface area contributed by atoms with Crippen LogP contribution < -0.4 is 0 Å². The van der Waals surface area contributed by atoms with Gasteiger partial charge in [-0.25, -0.2) is 0 Å². The molecule has 6 nitrogen and oxygen atoms in total. The van der Waals surface area contributed by atoms with Crippen molar-refractivity contribution in [2.75, 3.05) is 26.2 Å². The Morgan fingerprint density at radius 2 is 1.50 bits per heavy atom. The SMILES string of the molecule is Cc1cc2cc(-c3ccc(C(=O)N4CCN(C(=O)C5(O)CC5)CC4)cc3)ccc2c(C)n1. The number of amides is 2. The molecular formula is C26H27N3O3. The van der Waals surface area contributed by atoms with Gasteiger partial charge in [-0.15, -0.1) is 0 Å². The van der Waals surface area contributed by atoms with Gasteiger partial charge in [0.05, 0.1) is 0 Å². The maximum absolute atomic E-state index is 12.9. The van der Waals surface area contributed by atoms with Gasteiger partial charge in [0.15, 0.2) is 0 Å². The van der Waals surface area contributed by atoms with E-state index in [1.54, 1.807) is 9.80 Å². The van der Waals surface area contributed by atoms with Crippen LogP contribution in [0.5, 0.6) is 0 Å². The van der Waals surface area contributed by atoms with E-state index >= 15 is 0 Å². The summed E-state index contributed by atoms with van der Waals surface area (Å²) in [4.78, 5) is 33.2. The zero-order valence-corrected chi connectivity index (χ0v) is 18.5. The lowest BCUT2D eigenvalue weighted by atomic mass is 9.99. The number of piperazine rings is 1. The lowest BCUT2D eigenvalue weighted by molar-refractivity contribution is -0.143. The molecule has 2 heterocycles. The highest BCUT2D eigenvalue weighted by molar-refractivity contribution is 5.95. The van der Waals surface area contributed by atoms with E-state index in [9.17, 15) is 14.7 Å². The van der Waals surface area contributed by atoms with E-state index in [-0.39, 0.29) is 11.8 Å². The second-order valence-electron chi connectivity index (χ2n) is 8.98. The molecule has 2 amide bonds. The first-order valence-electron chi connectivity index (χ1n) is 11.1. The Balaban J connectivity index is 1.28. The Morgan fingerprint density at radius 3 is 2.16 bits per heavy atom. The molecule has 1 aliphatic heterocycles. The number of aromatic nitrogens is 1. The van der Waals surface area contributed by atoms with Crippen LogP contribution in [0.25, 0.3) is 21.9 Å². The summed E-state index contributed by atoms with van der Waals surface area (Å²) in [6.45, 7) is 5.94. The van der Waals surface area contributed by atoms with E-state index in [1.807, 2.05) is 38.1 Å². The van der Waals surface area contributed by atoms with Gasteiger partial charge in [-0.1, -0.05) is 24.3 Å². The van der Waals surface area contributed by atoms with Gasteiger partial charge in [-0.05, 0) is 67.5 Å². The van der Waals surface area contributed by atoms with E-state index in [4.69, 9.17) is 0 Å². The van der Waals surface area contributed by atoms with Crippen molar-refractivity contribution in [1.82, 2.24) is 14.8 Å². The monoisotopic (exact) mass is 429 g/mol. The summed E-state index contributed by atoms with van der Waals surface area (Å²) < 4.78 is 0. The van der Waals surface area contributed by atoms with Gasteiger partial charge < -0.3 is 14.9 Å². The molecule has 2 aromatic carbocycles. The summed E-state index contributed by atoms with van der Waals surface area (Å²) >= 11 is 0. The molecule has 0 spiro atoms. The number of rotatable bonds is 3. The molecule has 0 atom stereocenters. The molecule has 0 bridgehead atoms. The molecule has 1 saturated heterocycles. The second kappa shape index (κ2) is 7.71. The van der Waals surface area contributed by atoms with Gasteiger partial charge in [-0.3, -0.25) is 14.6 Å². The summed E-state index contributed by atoms with van der Waals surface area (Å²) in [5, 5.41) is 12.3. The molecule has 3 aromatic rings. The number of aryl methyl sites for hydroxylation is 2. The highest BCUT2D eigenvalue weighted by Crippen LogP contribution is 2.37. The second-order valence-corrected chi connectivity index (χ2v) is 8.98. The van der Waals surface area contributed by atoms with E-state index in [0.717, 1.165) is 33.3 Å². The third-order valence-electron chi connectivity index (χ3n) is 6.59. The van der Waals surface area contributed by atoms with Crippen LogP contribution in [0.2, 0.25) is 0 Å². The summed E-state index contributed by atoms with van der Waals surface area (Å²) in [6, 6.07) is 16.2. The van der Waals surface area contributed by atoms with Gasteiger partial charge in [0.1, 0.15) is 5.60 Å². The van der Waals surface area contributed by atoms with E-state index < -0.39 is 5.60 Å². The predicted molar refractivity (Wildman–Crippen MR) is 123 cm³/mol. The van der Waals surface area contributed by atoms with Crippen LogP contribution in [0.15, 0.2) is 48.5 Å². The zero-order chi connectivity index (χ0) is 22.5. The van der Waals surface area contributed by atoms with Crippen LogP contribution in [0.3, 0.4) is 0 Å². The highest BCUT2D eigenvalue weighted by Gasteiger charge is 2.50. The first-order chi connectivity index (χ1) is 15.3. The number of benzene rings is 2. The van der Waals surface area contributed by atoms with E-state index in [0.29, 0.717) is 44.6 Å². The minimum absolute atomic E-state index is 0.0235. The van der Waals surface area contributed by atoms with Crippen LogP contribution in [-0.4, -0.2) is 63.5 Å². The molecule has 32 heavy (non-hydrogen) atoms. The number of pyridine rings is 1. The van der Waals surface area contributed by atoms with Crippen molar-refractivity contribution in [3.63, 3.8) is 0 Å². The van der Waals surface area contributed by atoms with Gasteiger partial charge in [0.25, 0.3) is 11.8 Å². The molecule has 1 aromatic heterocycles. The fraction of sp³-hybridized carbons (Fsp3) is 0.346. The van der Waals surface area contributed by atoms with Crippen LogP contribution >= 0.6 is 0 Å². The summed E-state index contributed by atoms with van der Waals surface area (Å²) in [5.41, 5.74) is 3.70.